The number of nitrogens with two attached hydrogens (primary N) is 2. The van der Waals surface area contributed by atoms with E-state index in [0.29, 0.717) is 13.1 Å². The van der Waals surface area contributed by atoms with Crippen LogP contribution >= 0.6 is 0 Å². The average molecular weight is 118 g/mol. The van der Waals surface area contributed by atoms with Crippen molar-refractivity contribution < 1.29 is 0 Å². The Morgan fingerprint density at radius 2 is 1.25 bits per heavy atom. The maximum atomic E-state index is 4.90. The molecule has 1 aliphatic heterocycles. The van der Waals surface area contributed by atoms with Crippen LogP contribution in [0.3, 0.4) is 0 Å². The molecular formula is C4H14N4. The highest BCUT2D eigenvalue weighted by Crippen LogP contribution is 1.58. The summed E-state index contributed by atoms with van der Waals surface area (Å²) in [5, 5.41) is 0. The number of hydrazine groups is 1. The van der Waals surface area contributed by atoms with E-state index in [0.717, 1.165) is 13.1 Å². The molecule has 0 bridgehead atoms. The second-order valence-electron chi connectivity index (χ2n) is 1.43. The van der Waals surface area contributed by atoms with Gasteiger partial charge in [-0.15, -0.1) is 0 Å². The first kappa shape index (κ1) is 7.84. The van der Waals surface area contributed by atoms with Crippen LogP contribution < -0.4 is 22.3 Å². The van der Waals surface area contributed by atoms with Crippen molar-refractivity contribution in [1.29, 1.82) is 0 Å². The summed E-state index contributed by atoms with van der Waals surface area (Å²) >= 11 is 0. The predicted octanol–water partition coefficient (Wildman–Crippen LogP) is -2.00. The Balaban J connectivity index is 0.000000122. The lowest BCUT2D eigenvalue weighted by molar-refractivity contribution is 0.423. The van der Waals surface area contributed by atoms with Gasteiger partial charge in [-0.2, -0.15) is 0 Å². The second-order valence-corrected chi connectivity index (χ2v) is 1.43. The van der Waals surface area contributed by atoms with Crippen LogP contribution in [0.5, 0.6) is 0 Å². The first-order valence-electron chi connectivity index (χ1n) is 2.77. The summed E-state index contributed by atoms with van der Waals surface area (Å²) in [6.45, 7) is 3.47. The summed E-state index contributed by atoms with van der Waals surface area (Å²) in [5.74, 6) is 0. The Kier molecular flexibility index (Phi) is 6.70. The normalized spacial score (nSPS) is 15.8. The van der Waals surface area contributed by atoms with E-state index in [1.807, 2.05) is 0 Å². The van der Waals surface area contributed by atoms with Crippen molar-refractivity contribution in [3.63, 3.8) is 0 Å². The topological polar surface area (TPSA) is 76.1 Å². The Morgan fingerprint density at radius 3 is 1.25 bits per heavy atom. The van der Waals surface area contributed by atoms with Crippen molar-refractivity contribution >= 4 is 0 Å². The van der Waals surface area contributed by atoms with Gasteiger partial charge in [0.2, 0.25) is 0 Å². The standard InChI is InChI=1S/C2H6N2.C2H8N2/c1-2-4-3-1;3-1-2-4/h3-4H,1-2H2;1-4H2. The van der Waals surface area contributed by atoms with Crippen molar-refractivity contribution in [3.05, 3.63) is 0 Å². The molecule has 1 fully saturated rings. The fraction of sp³-hybridized carbons (Fsp3) is 1.00. The summed E-state index contributed by atoms with van der Waals surface area (Å²) in [6.07, 6.45) is 0. The third-order valence-electron chi connectivity index (χ3n) is 0.667. The maximum Gasteiger partial charge on any atom is 0.0239 e. The molecule has 0 saturated carbocycles. The molecule has 4 nitrogen and oxygen atoms in total. The van der Waals surface area contributed by atoms with Crippen LogP contribution in [-0.4, -0.2) is 26.2 Å². The Morgan fingerprint density at radius 1 is 1.00 bits per heavy atom. The fourth-order valence-electron chi connectivity index (χ4n) is 0.125. The highest BCUT2D eigenvalue weighted by atomic mass is 15.4. The molecule has 0 aromatic heterocycles. The van der Waals surface area contributed by atoms with Gasteiger partial charge in [0.05, 0.1) is 0 Å². The van der Waals surface area contributed by atoms with Crippen LogP contribution in [0.1, 0.15) is 0 Å². The number of hydrogen-bond donors (Lipinski definition) is 4. The average Bonchev–Trinajstić information content (AvgIpc) is 1.61. The number of hydrogen-bond acceptors (Lipinski definition) is 4. The van der Waals surface area contributed by atoms with Crippen molar-refractivity contribution in [2.24, 2.45) is 11.5 Å². The van der Waals surface area contributed by atoms with E-state index in [-0.39, 0.29) is 0 Å². The highest BCUT2D eigenvalue weighted by molar-refractivity contribution is 4.51. The molecule has 0 unspecified atom stereocenters. The Bertz CT molecular complexity index is 29.0. The molecule has 0 amide bonds. The van der Waals surface area contributed by atoms with Crippen molar-refractivity contribution in [3.8, 4) is 0 Å². The van der Waals surface area contributed by atoms with E-state index in [9.17, 15) is 0 Å². The van der Waals surface area contributed by atoms with Crippen LogP contribution in [0.2, 0.25) is 0 Å². The van der Waals surface area contributed by atoms with Crippen LogP contribution in [0.25, 0.3) is 0 Å². The van der Waals surface area contributed by atoms with Gasteiger partial charge in [0.15, 0.2) is 0 Å². The molecule has 50 valence electrons. The zero-order chi connectivity index (χ0) is 6.24. The molecule has 0 radical (unpaired) electrons. The monoisotopic (exact) mass is 118 g/mol. The first-order chi connectivity index (χ1) is 3.91. The van der Waals surface area contributed by atoms with Gasteiger partial charge in [0.25, 0.3) is 0 Å². The molecule has 0 aliphatic carbocycles. The Labute approximate surface area is 49.6 Å². The van der Waals surface area contributed by atoms with Crippen molar-refractivity contribution in [1.82, 2.24) is 10.9 Å². The van der Waals surface area contributed by atoms with Gasteiger partial charge in [-0.3, -0.25) is 10.9 Å². The van der Waals surface area contributed by atoms with Crippen molar-refractivity contribution in [2.45, 2.75) is 0 Å². The van der Waals surface area contributed by atoms with Gasteiger partial charge < -0.3 is 11.5 Å². The Hall–Kier alpha value is -0.160. The number of nitrogens with one attached hydrogen (secondary N) is 2. The van der Waals surface area contributed by atoms with Gasteiger partial charge in [-0.1, -0.05) is 0 Å². The minimum Gasteiger partial charge on any atom is -0.329 e. The molecule has 1 rings (SSSR count). The summed E-state index contributed by atoms with van der Waals surface area (Å²) in [7, 11) is 0. The van der Waals surface area contributed by atoms with Gasteiger partial charge in [0.1, 0.15) is 0 Å². The molecule has 1 saturated heterocycles. The summed E-state index contributed by atoms with van der Waals surface area (Å²) in [6, 6.07) is 0. The summed E-state index contributed by atoms with van der Waals surface area (Å²) in [5.41, 5.74) is 15.5. The van der Waals surface area contributed by atoms with Crippen LogP contribution in [0.15, 0.2) is 0 Å². The zero-order valence-corrected chi connectivity index (χ0v) is 4.98. The van der Waals surface area contributed by atoms with Crippen LogP contribution in [0.4, 0.5) is 0 Å². The minimum absolute atomic E-state index is 0.597. The van der Waals surface area contributed by atoms with E-state index in [4.69, 9.17) is 11.5 Å². The molecule has 1 aliphatic rings. The maximum absolute atomic E-state index is 4.90. The molecular weight excluding hydrogens is 104 g/mol. The molecule has 0 aromatic rings. The van der Waals surface area contributed by atoms with Crippen LogP contribution in [0, 0.1) is 0 Å². The first-order valence-corrected chi connectivity index (χ1v) is 2.77. The van der Waals surface area contributed by atoms with E-state index in [2.05, 4.69) is 10.9 Å². The largest absolute Gasteiger partial charge is 0.329 e. The third kappa shape index (κ3) is 5.84. The molecule has 0 spiro atoms. The lowest BCUT2D eigenvalue weighted by atomic mass is 10.6. The van der Waals surface area contributed by atoms with E-state index < -0.39 is 0 Å². The van der Waals surface area contributed by atoms with Crippen LogP contribution in [-0.2, 0) is 0 Å². The minimum atomic E-state index is 0.597. The summed E-state index contributed by atoms with van der Waals surface area (Å²) < 4.78 is 0. The van der Waals surface area contributed by atoms with Gasteiger partial charge in [-0.05, 0) is 0 Å². The SMILES string of the molecule is C1CNN1.NCCN. The van der Waals surface area contributed by atoms with Gasteiger partial charge >= 0.3 is 0 Å². The third-order valence-corrected chi connectivity index (χ3v) is 0.667. The number of rotatable bonds is 1. The molecule has 0 aromatic carbocycles. The summed E-state index contributed by atoms with van der Waals surface area (Å²) in [4.78, 5) is 0. The molecule has 6 N–H and O–H groups in total. The zero-order valence-electron chi connectivity index (χ0n) is 4.98. The van der Waals surface area contributed by atoms with Gasteiger partial charge in [0, 0.05) is 26.2 Å². The lowest BCUT2D eigenvalue weighted by Gasteiger charge is -2.13. The van der Waals surface area contributed by atoms with E-state index >= 15 is 0 Å². The molecule has 0 atom stereocenters. The molecule has 1 heterocycles. The smallest absolute Gasteiger partial charge is 0.0239 e. The molecule has 8 heavy (non-hydrogen) atoms. The second kappa shape index (κ2) is 6.84. The van der Waals surface area contributed by atoms with Crippen molar-refractivity contribution in [2.75, 3.05) is 26.2 Å². The quantitative estimate of drug-likeness (QED) is 0.321. The molecule has 4 heteroatoms. The fourth-order valence-corrected chi connectivity index (χ4v) is 0.125. The van der Waals surface area contributed by atoms with E-state index in [1.54, 1.807) is 0 Å². The van der Waals surface area contributed by atoms with E-state index in [1.165, 1.54) is 0 Å². The lowest BCUT2D eigenvalue weighted by Crippen LogP contribution is -2.49. The highest BCUT2D eigenvalue weighted by Gasteiger charge is 1.89. The van der Waals surface area contributed by atoms with Gasteiger partial charge in [-0.25, -0.2) is 0 Å². The predicted molar refractivity (Wildman–Crippen MR) is 34.1 cm³/mol.